The van der Waals surface area contributed by atoms with Gasteiger partial charge in [0.1, 0.15) is 0 Å². The molecule has 0 amide bonds. The van der Waals surface area contributed by atoms with Crippen molar-refractivity contribution in [3.63, 3.8) is 0 Å². The number of sulfonamides is 1. The van der Waals surface area contributed by atoms with Gasteiger partial charge in [-0.15, -0.1) is 0 Å². The van der Waals surface area contributed by atoms with Crippen LogP contribution in [0.2, 0.25) is 0 Å². The van der Waals surface area contributed by atoms with E-state index in [2.05, 4.69) is 28.1 Å². The largest absolute Gasteiger partial charge is 0.490 e. The molecule has 2 atom stereocenters. The zero-order valence-electron chi connectivity index (χ0n) is 21.6. The third-order valence-corrected chi connectivity index (χ3v) is 8.80. The average Bonchev–Trinajstić information content (AvgIpc) is 3.00. The van der Waals surface area contributed by atoms with Gasteiger partial charge in [-0.1, -0.05) is 36.4 Å². The minimum atomic E-state index is -5.08. The van der Waals surface area contributed by atoms with Gasteiger partial charge in [0.25, 0.3) is 0 Å². The Morgan fingerprint density at radius 2 is 1.41 bits per heavy atom. The highest BCUT2D eigenvalue weighted by atomic mass is 32.2. The topological polar surface area (TPSA) is 128 Å². The predicted octanol–water partition coefficient (Wildman–Crippen LogP) is 3.82. The number of alkyl halides is 6. The van der Waals surface area contributed by atoms with E-state index in [0.29, 0.717) is 13.1 Å². The first-order valence-electron chi connectivity index (χ1n) is 12.3. The van der Waals surface area contributed by atoms with Crippen LogP contribution in [-0.2, 0) is 32.6 Å². The molecule has 1 aromatic heterocycles. The molecule has 41 heavy (non-hydrogen) atoms. The monoisotopic (exact) mass is 613 g/mol. The van der Waals surface area contributed by atoms with E-state index in [-0.39, 0.29) is 11.2 Å². The van der Waals surface area contributed by atoms with Crippen molar-refractivity contribution in [3.8, 4) is 0 Å². The van der Waals surface area contributed by atoms with Crippen molar-refractivity contribution in [2.75, 3.05) is 26.2 Å². The molecule has 0 aliphatic carbocycles. The summed E-state index contributed by atoms with van der Waals surface area (Å²) in [6, 6.07) is 14.2. The van der Waals surface area contributed by atoms with Crippen molar-refractivity contribution in [1.29, 1.82) is 0 Å². The van der Waals surface area contributed by atoms with Crippen LogP contribution in [0, 0.1) is 5.92 Å². The van der Waals surface area contributed by atoms with Crippen molar-refractivity contribution in [1.82, 2.24) is 14.2 Å². The Hall–Kier alpha value is -3.24. The molecule has 4 rings (SSSR count). The third kappa shape index (κ3) is 10.9. The van der Waals surface area contributed by atoms with Crippen LogP contribution in [-0.4, -0.2) is 88.5 Å². The summed E-state index contributed by atoms with van der Waals surface area (Å²) in [7, 11) is -3.18. The predicted molar refractivity (Wildman–Crippen MR) is 134 cm³/mol. The SMILES string of the molecule is O=C(O)C(F)(F)F.O=C(O)C(F)(F)F.O=S1(=O)[C@@H]2CCN(Cc3cccnc3)CC[C@@H]2CN1CCc1ccccc1. The highest BCUT2D eigenvalue weighted by Gasteiger charge is 2.46. The van der Waals surface area contributed by atoms with E-state index < -0.39 is 34.3 Å². The average molecular weight is 614 g/mol. The molecule has 0 saturated carbocycles. The number of nitrogens with zero attached hydrogens (tertiary/aromatic N) is 3. The van der Waals surface area contributed by atoms with E-state index in [0.717, 1.165) is 38.9 Å². The van der Waals surface area contributed by atoms with Gasteiger partial charge in [-0.05, 0) is 55.5 Å². The molecular formula is C25H29F6N3O6S. The number of rotatable bonds is 5. The Labute approximate surface area is 232 Å². The van der Waals surface area contributed by atoms with Crippen molar-refractivity contribution in [2.45, 2.75) is 43.4 Å². The molecule has 9 nitrogen and oxygen atoms in total. The molecule has 2 aliphatic heterocycles. The molecule has 2 saturated heterocycles. The minimum Gasteiger partial charge on any atom is -0.475 e. The first-order chi connectivity index (χ1) is 19.0. The van der Waals surface area contributed by atoms with E-state index in [1.165, 1.54) is 11.1 Å². The van der Waals surface area contributed by atoms with Crippen LogP contribution in [0.5, 0.6) is 0 Å². The standard InChI is InChI=1S/C21H27N3O2S.2C2HF3O2/c25-27(26)21-10-13-23(16-19-7-4-11-22-15-19)12-9-20(21)17-24(27)14-8-18-5-2-1-3-6-18;2*3-2(4,5)1(6)7/h1-7,11,15,20-21H,8-10,12-14,16-17H2;2*(H,6,7)/t20-,21-;;/m1../s1. The molecule has 2 aliphatic rings. The van der Waals surface area contributed by atoms with Crippen molar-refractivity contribution < 1.29 is 54.6 Å². The Morgan fingerprint density at radius 3 is 1.93 bits per heavy atom. The molecule has 3 heterocycles. The van der Waals surface area contributed by atoms with Crippen molar-refractivity contribution in [2.24, 2.45) is 5.92 Å². The smallest absolute Gasteiger partial charge is 0.475 e. The summed E-state index contributed by atoms with van der Waals surface area (Å²) < 4.78 is 91.3. The number of likely N-dealkylation sites (tertiary alicyclic amines) is 1. The molecule has 0 bridgehead atoms. The number of benzene rings is 1. The summed E-state index contributed by atoms with van der Waals surface area (Å²) in [5.41, 5.74) is 2.39. The minimum absolute atomic E-state index is 0.216. The van der Waals surface area contributed by atoms with Gasteiger partial charge < -0.3 is 10.2 Å². The van der Waals surface area contributed by atoms with E-state index in [9.17, 15) is 34.8 Å². The van der Waals surface area contributed by atoms with Crippen LogP contribution in [0.25, 0.3) is 0 Å². The van der Waals surface area contributed by atoms with E-state index in [4.69, 9.17) is 19.8 Å². The lowest BCUT2D eigenvalue weighted by Crippen LogP contribution is -2.33. The van der Waals surface area contributed by atoms with Gasteiger partial charge in [-0.25, -0.2) is 22.3 Å². The van der Waals surface area contributed by atoms with E-state index >= 15 is 0 Å². The second-order valence-electron chi connectivity index (χ2n) is 9.26. The number of pyridine rings is 1. The fourth-order valence-corrected chi connectivity index (χ4v) is 6.61. The van der Waals surface area contributed by atoms with E-state index in [1.54, 1.807) is 10.5 Å². The second-order valence-corrected chi connectivity index (χ2v) is 11.4. The van der Waals surface area contributed by atoms with Crippen LogP contribution in [0.15, 0.2) is 54.9 Å². The molecule has 228 valence electrons. The van der Waals surface area contributed by atoms with Gasteiger partial charge in [-0.3, -0.25) is 9.88 Å². The Kier molecular flexibility index (Phi) is 12.1. The van der Waals surface area contributed by atoms with Gasteiger partial charge in [0.15, 0.2) is 0 Å². The number of fused-ring (bicyclic) bond motifs is 1. The molecule has 2 aromatic rings. The number of halogens is 6. The molecular weight excluding hydrogens is 584 g/mol. The van der Waals surface area contributed by atoms with Gasteiger partial charge in [0.2, 0.25) is 10.0 Å². The molecule has 0 radical (unpaired) electrons. The normalized spacial score (nSPS) is 20.8. The van der Waals surface area contributed by atoms with Crippen LogP contribution < -0.4 is 0 Å². The van der Waals surface area contributed by atoms with Crippen LogP contribution in [0.3, 0.4) is 0 Å². The number of hydrogen-bond donors (Lipinski definition) is 2. The fraction of sp³-hybridized carbons (Fsp3) is 0.480. The molecule has 16 heteroatoms. The van der Waals surface area contributed by atoms with Crippen molar-refractivity contribution in [3.05, 3.63) is 66.0 Å². The number of hydrogen-bond acceptors (Lipinski definition) is 6. The number of carboxylic acids is 2. The molecule has 2 N–H and O–H groups in total. The summed E-state index contributed by atoms with van der Waals surface area (Å²) >= 11 is 0. The van der Waals surface area contributed by atoms with Crippen LogP contribution >= 0.6 is 0 Å². The Bertz CT molecular complexity index is 1210. The van der Waals surface area contributed by atoms with E-state index in [1.807, 2.05) is 30.5 Å². The molecule has 0 unspecified atom stereocenters. The quantitative estimate of drug-likeness (QED) is 0.488. The van der Waals surface area contributed by atoms with Gasteiger partial charge in [0.05, 0.1) is 5.25 Å². The maximum atomic E-state index is 13.1. The molecule has 2 fully saturated rings. The van der Waals surface area contributed by atoms with Crippen LogP contribution in [0.4, 0.5) is 26.3 Å². The van der Waals surface area contributed by atoms with Crippen LogP contribution in [0.1, 0.15) is 24.0 Å². The summed E-state index contributed by atoms with van der Waals surface area (Å²) in [6.07, 6.45) is -4.02. The highest BCUT2D eigenvalue weighted by Crippen LogP contribution is 2.34. The summed E-state index contributed by atoms with van der Waals surface area (Å²) in [5, 5.41) is 14.0. The zero-order valence-corrected chi connectivity index (χ0v) is 22.4. The lowest BCUT2D eigenvalue weighted by Gasteiger charge is -2.21. The summed E-state index contributed by atoms with van der Waals surface area (Å²) in [4.78, 5) is 24.3. The molecule has 1 aromatic carbocycles. The fourth-order valence-electron chi connectivity index (χ4n) is 4.37. The van der Waals surface area contributed by atoms with Gasteiger partial charge >= 0.3 is 24.3 Å². The first-order valence-corrected chi connectivity index (χ1v) is 13.8. The Morgan fingerprint density at radius 1 is 0.878 bits per heavy atom. The third-order valence-electron chi connectivity index (χ3n) is 6.36. The lowest BCUT2D eigenvalue weighted by molar-refractivity contribution is -0.193. The van der Waals surface area contributed by atoms with Gasteiger partial charge in [0, 0.05) is 32.0 Å². The zero-order chi connectivity index (χ0) is 30.8. The number of carboxylic acid groups (broad SMARTS) is 2. The number of aliphatic carboxylic acids is 2. The maximum absolute atomic E-state index is 13.1. The summed E-state index contributed by atoms with van der Waals surface area (Å²) in [5.74, 6) is -5.26. The van der Waals surface area contributed by atoms with Crippen molar-refractivity contribution >= 4 is 22.0 Å². The highest BCUT2D eigenvalue weighted by molar-refractivity contribution is 7.90. The molecule has 0 spiro atoms. The number of aromatic nitrogens is 1. The van der Waals surface area contributed by atoms with Gasteiger partial charge in [-0.2, -0.15) is 26.3 Å². The maximum Gasteiger partial charge on any atom is 0.490 e. The second kappa shape index (κ2) is 14.6. The number of carbonyl (C=O) groups is 2. The summed E-state index contributed by atoms with van der Waals surface area (Å²) in [6.45, 7) is 3.92. The Balaban J connectivity index is 0.000000349. The first kappa shape index (κ1) is 34.0. The lowest BCUT2D eigenvalue weighted by atomic mass is 10.0.